The molecule has 3 aromatic rings. The van der Waals surface area contributed by atoms with Gasteiger partial charge in [0.1, 0.15) is 11.6 Å². The Labute approximate surface area is 165 Å². The van der Waals surface area contributed by atoms with Gasteiger partial charge in [-0.2, -0.15) is 0 Å². The van der Waals surface area contributed by atoms with E-state index in [-0.39, 0.29) is 45.2 Å². The van der Waals surface area contributed by atoms with E-state index in [1.807, 2.05) is 0 Å². The molecule has 0 bridgehead atoms. The molecule has 0 radical (unpaired) electrons. The molecule has 0 aliphatic rings. The Hall–Kier alpha value is -3.40. The third kappa shape index (κ3) is 4.54. The van der Waals surface area contributed by atoms with Crippen molar-refractivity contribution in [2.75, 3.05) is 17.2 Å². The number of hydrogen-bond donors (Lipinski definition) is 2. The Bertz CT molecular complexity index is 1150. The lowest BCUT2D eigenvalue weighted by molar-refractivity contribution is 0.399. The van der Waals surface area contributed by atoms with Crippen molar-refractivity contribution in [2.24, 2.45) is 0 Å². The van der Waals surface area contributed by atoms with Crippen molar-refractivity contribution >= 4 is 21.2 Å². The second-order valence-corrected chi connectivity index (χ2v) is 8.17. The van der Waals surface area contributed by atoms with Crippen LogP contribution in [0.2, 0.25) is 0 Å². The van der Waals surface area contributed by atoms with Crippen LogP contribution < -0.4 is 20.9 Å². The van der Waals surface area contributed by atoms with Crippen molar-refractivity contribution in [3.63, 3.8) is 0 Å². The number of hydrogen-bond acceptors (Lipinski definition) is 7. The number of nitrogen functional groups attached to an aromatic ring is 2. The van der Waals surface area contributed by atoms with Crippen LogP contribution in [0.4, 0.5) is 20.2 Å². The van der Waals surface area contributed by atoms with Gasteiger partial charge in [-0.25, -0.2) is 22.2 Å². The van der Waals surface area contributed by atoms with Crippen molar-refractivity contribution in [2.45, 2.75) is 11.9 Å². The van der Waals surface area contributed by atoms with E-state index in [1.54, 1.807) is 0 Å². The predicted molar refractivity (Wildman–Crippen MR) is 104 cm³/mol. The lowest BCUT2D eigenvalue weighted by atomic mass is 10.2. The number of rotatable bonds is 6. The smallest absolute Gasteiger partial charge is 0.195 e. The van der Waals surface area contributed by atoms with Gasteiger partial charge in [-0.3, -0.25) is 0 Å². The molecular formula is C19H17F2N3O4S. The third-order valence-electron chi connectivity index (χ3n) is 3.90. The number of sulfone groups is 1. The zero-order valence-corrected chi connectivity index (χ0v) is 16.0. The van der Waals surface area contributed by atoms with Gasteiger partial charge in [-0.15, -0.1) is 0 Å². The average molecular weight is 421 g/mol. The Morgan fingerprint density at radius 1 is 0.931 bits per heavy atom. The molecule has 0 saturated carbocycles. The summed E-state index contributed by atoms with van der Waals surface area (Å²) in [4.78, 5) is 3.88. The summed E-state index contributed by atoms with van der Waals surface area (Å²) in [6.45, 7) is 1.51. The fraction of sp³-hybridized carbons (Fsp3) is 0.105. The monoisotopic (exact) mass is 421 g/mol. The van der Waals surface area contributed by atoms with Crippen molar-refractivity contribution in [1.82, 2.24) is 4.98 Å². The molecule has 1 aromatic heterocycles. The summed E-state index contributed by atoms with van der Waals surface area (Å²) in [6, 6.07) is 8.23. The third-order valence-corrected chi connectivity index (χ3v) is 5.54. The molecule has 1 heterocycles. The topological polar surface area (TPSA) is 118 Å². The van der Waals surface area contributed by atoms with Crippen molar-refractivity contribution in [3.8, 4) is 23.0 Å². The lowest BCUT2D eigenvalue weighted by Crippen LogP contribution is -2.05. The molecular weight excluding hydrogens is 404 g/mol. The maximum atomic E-state index is 13.9. The molecule has 0 aliphatic carbocycles. The van der Waals surface area contributed by atoms with Crippen LogP contribution in [0.1, 0.15) is 6.92 Å². The van der Waals surface area contributed by atoms with Gasteiger partial charge < -0.3 is 20.9 Å². The molecule has 0 aliphatic heterocycles. The standard InChI is InChI=1S/C19H17F2N3O4S/c1-2-29(25,26)19-6-4-12(10-24-19)27-17-8-14(22)15(23)9-18(17)28-16-5-3-11(20)7-13(16)21/h3-10H,2,22-23H2,1H3. The van der Waals surface area contributed by atoms with E-state index < -0.39 is 21.5 Å². The minimum absolute atomic E-state index is 0.0208. The molecule has 0 atom stereocenters. The summed E-state index contributed by atoms with van der Waals surface area (Å²) < 4.78 is 61.9. The number of benzene rings is 2. The van der Waals surface area contributed by atoms with Crippen LogP contribution in [0.5, 0.6) is 23.0 Å². The number of nitrogens with zero attached hydrogens (tertiary/aromatic N) is 1. The molecule has 29 heavy (non-hydrogen) atoms. The first-order valence-corrected chi connectivity index (χ1v) is 10.0. The largest absolute Gasteiger partial charge is 0.452 e. The zero-order chi connectivity index (χ0) is 21.2. The van der Waals surface area contributed by atoms with Crippen molar-refractivity contribution in [3.05, 3.63) is 60.3 Å². The number of halogens is 2. The Morgan fingerprint density at radius 3 is 2.14 bits per heavy atom. The summed E-state index contributed by atoms with van der Waals surface area (Å²) in [5.41, 5.74) is 11.9. The Morgan fingerprint density at radius 2 is 1.59 bits per heavy atom. The summed E-state index contributed by atoms with van der Waals surface area (Å²) in [7, 11) is -3.46. The normalized spacial score (nSPS) is 11.3. The Balaban J connectivity index is 1.93. The predicted octanol–water partition coefficient (Wildman–Crippen LogP) is 3.90. The average Bonchev–Trinajstić information content (AvgIpc) is 2.68. The maximum Gasteiger partial charge on any atom is 0.195 e. The molecule has 0 saturated heterocycles. The first kappa shape index (κ1) is 20.3. The highest BCUT2D eigenvalue weighted by Gasteiger charge is 2.16. The Kier molecular flexibility index (Phi) is 5.55. The fourth-order valence-corrected chi connectivity index (χ4v) is 3.10. The van der Waals surface area contributed by atoms with Crippen LogP contribution in [0, 0.1) is 11.6 Å². The molecule has 3 rings (SSSR count). The van der Waals surface area contributed by atoms with Crippen LogP contribution in [0.3, 0.4) is 0 Å². The van der Waals surface area contributed by atoms with Gasteiger partial charge in [0.05, 0.1) is 23.3 Å². The SMILES string of the molecule is CCS(=O)(=O)c1ccc(Oc2cc(N)c(N)cc2Oc2ccc(F)cc2F)cn1. The highest BCUT2D eigenvalue weighted by Crippen LogP contribution is 2.39. The van der Waals surface area contributed by atoms with Gasteiger partial charge in [0, 0.05) is 18.2 Å². The summed E-state index contributed by atoms with van der Waals surface area (Å²) in [6.07, 6.45) is 1.22. The number of aromatic nitrogens is 1. The molecule has 0 unspecified atom stereocenters. The first-order chi connectivity index (χ1) is 13.7. The first-order valence-electron chi connectivity index (χ1n) is 8.38. The quantitative estimate of drug-likeness (QED) is 0.580. The van der Waals surface area contributed by atoms with Gasteiger partial charge in [-0.05, 0) is 24.3 Å². The van der Waals surface area contributed by atoms with Gasteiger partial charge >= 0.3 is 0 Å². The molecule has 0 fully saturated rings. The molecule has 7 nitrogen and oxygen atoms in total. The van der Waals surface area contributed by atoms with Gasteiger partial charge in [-0.1, -0.05) is 6.92 Å². The van der Waals surface area contributed by atoms with E-state index >= 15 is 0 Å². The van der Waals surface area contributed by atoms with Crippen LogP contribution in [0.25, 0.3) is 0 Å². The second-order valence-electron chi connectivity index (χ2n) is 5.94. The minimum Gasteiger partial charge on any atom is -0.452 e. The van der Waals surface area contributed by atoms with E-state index in [1.165, 1.54) is 37.4 Å². The number of nitrogens with two attached hydrogens (primary N) is 2. The van der Waals surface area contributed by atoms with E-state index in [0.717, 1.165) is 12.1 Å². The molecule has 10 heteroatoms. The van der Waals surface area contributed by atoms with E-state index in [9.17, 15) is 17.2 Å². The fourth-order valence-electron chi connectivity index (χ4n) is 2.31. The molecule has 2 aromatic carbocycles. The highest BCUT2D eigenvalue weighted by atomic mass is 32.2. The number of pyridine rings is 1. The second kappa shape index (κ2) is 7.92. The lowest BCUT2D eigenvalue weighted by Gasteiger charge is -2.15. The van der Waals surface area contributed by atoms with Crippen LogP contribution >= 0.6 is 0 Å². The van der Waals surface area contributed by atoms with Crippen molar-refractivity contribution < 1.29 is 26.7 Å². The zero-order valence-electron chi connectivity index (χ0n) is 15.2. The number of ether oxygens (including phenoxy) is 2. The van der Waals surface area contributed by atoms with Crippen LogP contribution in [-0.4, -0.2) is 19.2 Å². The number of anilines is 2. The van der Waals surface area contributed by atoms with Gasteiger partial charge in [0.25, 0.3) is 0 Å². The summed E-state index contributed by atoms with van der Waals surface area (Å²) in [5, 5.41) is -0.0889. The van der Waals surface area contributed by atoms with Gasteiger partial charge in [0.15, 0.2) is 37.9 Å². The molecule has 0 spiro atoms. The van der Waals surface area contributed by atoms with Gasteiger partial charge in [0.2, 0.25) is 0 Å². The molecule has 4 N–H and O–H groups in total. The molecule has 0 amide bonds. The van der Waals surface area contributed by atoms with E-state index in [2.05, 4.69) is 4.98 Å². The summed E-state index contributed by atoms with van der Waals surface area (Å²) >= 11 is 0. The van der Waals surface area contributed by atoms with Crippen molar-refractivity contribution in [1.29, 1.82) is 0 Å². The van der Waals surface area contributed by atoms with Crippen LogP contribution in [-0.2, 0) is 9.84 Å². The van der Waals surface area contributed by atoms with E-state index in [0.29, 0.717) is 6.07 Å². The van der Waals surface area contributed by atoms with E-state index in [4.69, 9.17) is 20.9 Å². The summed E-state index contributed by atoms with van der Waals surface area (Å²) in [5.74, 6) is -1.72. The minimum atomic E-state index is -3.46. The molecule has 152 valence electrons. The maximum absolute atomic E-state index is 13.9. The van der Waals surface area contributed by atoms with Crippen LogP contribution in [0.15, 0.2) is 53.7 Å². The highest BCUT2D eigenvalue weighted by molar-refractivity contribution is 7.91.